The molecule has 3 nitrogen and oxygen atoms in total. The molecule has 3 aromatic rings. The van der Waals surface area contributed by atoms with E-state index in [0.717, 1.165) is 24.1 Å². The number of benzene rings is 3. The number of fused-ring (bicyclic) bond motifs is 1. The van der Waals surface area contributed by atoms with Crippen molar-refractivity contribution in [3.63, 3.8) is 0 Å². The average molecular weight is 345 g/mol. The molecule has 1 heterocycles. The van der Waals surface area contributed by atoms with Crippen molar-refractivity contribution in [2.24, 2.45) is 0 Å². The predicted octanol–water partition coefficient (Wildman–Crippen LogP) is 4.43. The van der Waals surface area contributed by atoms with Gasteiger partial charge in [-0.05, 0) is 59.8 Å². The molecular weight excluding hydrogens is 322 g/mol. The monoisotopic (exact) mass is 345 g/mol. The van der Waals surface area contributed by atoms with Crippen LogP contribution >= 0.6 is 0 Å². The van der Waals surface area contributed by atoms with Crippen LogP contribution < -0.4 is 5.32 Å². The molecule has 26 heavy (non-hydrogen) atoms. The number of phenolic OH excluding ortho intramolecular Hbond substituents is 2. The summed E-state index contributed by atoms with van der Waals surface area (Å²) in [7, 11) is 0. The SMILES string of the molecule is Cc1ccccc1[C@@H](c1ccccc1)[C@H]1NCCc2cc(O)c(O)cc21. The highest BCUT2D eigenvalue weighted by atomic mass is 16.3. The van der Waals surface area contributed by atoms with Crippen LogP contribution in [0.25, 0.3) is 0 Å². The predicted molar refractivity (Wildman–Crippen MR) is 104 cm³/mol. The molecule has 1 aliphatic heterocycles. The van der Waals surface area contributed by atoms with Crippen LogP contribution in [0.2, 0.25) is 0 Å². The fraction of sp³-hybridized carbons (Fsp3) is 0.217. The maximum absolute atomic E-state index is 10.1. The summed E-state index contributed by atoms with van der Waals surface area (Å²) in [5.41, 5.74) is 5.91. The lowest BCUT2D eigenvalue weighted by atomic mass is 9.77. The maximum Gasteiger partial charge on any atom is 0.157 e. The van der Waals surface area contributed by atoms with Crippen molar-refractivity contribution in [2.75, 3.05) is 6.54 Å². The van der Waals surface area contributed by atoms with Gasteiger partial charge in [-0.25, -0.2) is 0 Å². The summed E-state index contributed by atoms with van der Waals surface area (Å²) in [6.45, 7) is 2.99. The summed E-state index contributed by atoms with van der Waals surface area (Å²) in [4.78, 5) is 0. The Labute approximate surface area is 154 Å². The van der Waals surface area contributed by atoms with Crippen molar-refractivity contribution in [1.82, 2.24) is 5.32 Å². The van der Waals surface area contributed by atoms with Crippen molar-refractivity contribution in [3.8, 4) is 11.5 Å². The molecule has 3 aromatic carbocycles. The molecule has 1 aliphatic rings. The van der Waals surface area contributed by atoms with Gasteiger partial charge in [-0.2, -0.15) is 0 Å². The normalized spacial score (nSPS) is 17.5. The van der Waals surface area contributed by atoms with Gasteiger partial charge < -0.3 is 15.5 Å². The number of nitrogens with one attached hydrogen (secondary N) is 1. The van der Waals surface area contributed by atoms with Crippen LogP contribution in [0.1, 0.15) is 39.8 Å². The summed E-state index contributed by atoms with van der Waals surface area (Å²) in [6.07, 6.45) is 0.842. The van der Waals surface area contributed by atoms with E-state index >= 15 is 0 Å². The van der Waals surface area contributed by atoms with Crippen LogP contribution in [-0.2, 0) is 6.42 Å². The molecule has 0 bridgehead atoms. The van der Waals surface area contributed by atoms with E-state index in [-0.39, 0.29) is 23.5 Å². The van der Waals surface area contributed by atoms with Gasteiger partial charge >= 0.3 is 0 Å². The molecule has 3 heteroatoms. The van der Waals surface area contributed by atoms with Crippen molar-refractivity contribution in [3.05, 3.63) is 94.5 Å². The Morgan fingerprint density at radius 1 is 0.923 bits per heavy atom. The van der Waals surface area contributed by atoms with Gasteiger partial charge in [0, 0.05) is 12.0 Å². The van der Waals surface area contributed by atoms with Crippen LogP contribution in [0.15, 0.2) is 66.7 Å². The standard InChI is InChI=1S/C23H23NO2/c1-15-7-5-6-10-18(15)22(16-8-3-2-4-9-16)23-19-14-21(26)20(25)13-17(19)11-12-24-23/h2-10,13-14,22-26H,11-12H2,1H3/t22-,23+/m1/s1. The van der Waals surface area contributed by atoms with Crippen LogP contribution in [0.3, 0.4) is 0 Å². The number of aromatic hydroxyl groups is 2. The summed E-state index contributed by atoms with van der Waals surface area (Å²) in [6, 6.07) is 22.4. The van der Waals surface area contributed by atoms with Gasteiger partial charge in [-0.1, -0.05) is 54.6 Å². The quantitative estimate of drug-likeness (QED) is 0.616. The second kappa shape index (κ2) is 6.85. The van der Waals surface area contributed by atoms with Crippen LogP contribution in [-0.4, -0.2) is 16.8 Å². The number of phenols is 2. The highest BCUT2D eigenvalue weighted by Crippen LogP contribution is 2.43. The average Bonchev–Trinajstić information content (AvgIpc) is 2.66. The third-order valence-corrected chi connectivity index (χ3v) is 5.35. The Kier molecular flexibility index (Phi) is 4.39. The summed E-state index contributed by atoms with van der Waals surface area (Å²) in [5.74, 6) is 0.0194. The first kappa shape index (κ1) is 16.7. The van der Waals surface area contributed by atoms with Crippen LogP contribution in [0.5, 0.6) is 11.5 Å². The van der Waals surface area contributed by atoms with Gasteiger partial charge in [-0.15, -0.1) is 0 Å². The van der Waals surface area contributed by atoms with E-state index < -0.39 is 0 Å². The molecule has 2 atom stereocenters. The maximum atomic E-state index is 10.1. The van der Waals surface area contributed by atoms with E-state index in [4.69, 9.17) is 0 Å². The van der Waals surface area contributed by atoms with E-state index in [9.17, 15) is 10.2 Å². The zero-order valence-electron chi connectivity index (χ0n) is 14.8. The topological polar surface area (TPSA) is 52.5 Å². The first-order chi connectivity index (χ1) is 12.6. The molecule has 4 rings (SSSR count). The zero-order valence-corrected chi connectivity index (χ0v) is 14.8. The highest BCUT2D eigenvalue weighted by molar-refractivity contribution is 5.51. The lowest BCUT2D eigenvalue weighted by Crippen LogP contribution is -2.34. The minimum absolute atomic E-state index is 0.0359. The molecule has 0 amide bonds. The number of hydrogen-bond acceptors (Lipinski definition) is 3. The van der Waals surface area contributed by atoms with Gasteiger partial charge in [0.1, 0.15) is 0 Å². The molecule has 0 fully saturated rings. The largest absolute Gasteiger partial charge is 0.504 e. The molecule has 0 aliphatic carbocycles. The molecular formula is C23H23NO2. The third kappa shape index (κ3) is 2.95. The molecule has 0 unspecified atom stereocenters. The third-order valence-electron chi connectivity index (χ3n) is 5.35. The Morgan fingerprint density at radius 3 is 2.38 bits per heavy atom. The minimum Gasteiger partial charge on any atom is -0.504 e. The minimum atomic E-state index is -0.0611. The number of hydrogen-bond donors (Lipinski definition) is 3. The number of rotatable bonds is 3. The van der Waals surface area contributed by atoms with Crippen LogP contribution in [0, 0.1) is 6.92 Å². The lowest BCUT2D eigenvalue weighted by Gasteiger charge is -2.35. The number of aryl methyl sites for hydroxylation is 1. The smallest absolute Gasteiger partial charge is 0.157 e. The van der Waals surface area contributed by atoms with E-state index in [1.807, 2.05) is 6.07 Å². The first-order valence-corrected chi connectivity index (χ1v) is 9.04. The van der Waals surface area contributed by atoms with E-state index in [1.54, 1.807) is 12.1 Å². The van der Waals surface area contributed by atoms with Crippen molar-refractivity contribution in [2.45, 2.75) is 25.3 Å². The van der Waals surface area contributed by atoms with E-state index in [2.05, 4.69) is 60.8 Å². The van der Waals surface area contributed by atoms with Gasteiger partial charge in [0.25, 0.3) is 0 Å². The Morgan fingerprint density at radius 2 is 1.62 bits per heavy atom. The van der Waals surface area contributed by atoms with Gasteiger partial charge in [0.15, 0.2) is 11.5 Å². The zero-order chi connectivity index (χ0) is 18.1. The summed E-state index contributed by atoms with van der Waals surface area (Å²) in [5, 5.41) is 23.7. The van der Waals surface area contributed by atoms with Crippen molar-refractivity contribution >= 4 is 0 Å². The molecule has 0 saturated carbocycles. The van der Waals surface area contributed by atoms with Gasteiger partial charge in [0.2, 0.25) is 0 Å². The van der Waals surface area contributed by atoms with Crippen LogP contribution in [0.4, 0.5) is 0 Å². The second-order valence-electron chi connectivity index (χ2n) is 6.97. The molecule has 0 saturated heterocycles. The Hall–Kier alpha value is -2.78. The highest BCUT2D eigenvalue weighted by Gasteiger charge is 2.31. The van der Waals surface area contributed by atoms with E-state index in [0.29, 0.717) is 0 Å². The van der Waals surface area contributed by atoms with Gasteiger partial charge in [-0.3, -0.25) is 0 Å². The first-order valence-electron chi connectivity index (χ1n) is 9.04. The fourth-order valence-electron chi connectivity index (χ4n) is 4.06. The van der Waals surface area contributed by atoms with Gasteiger partial charge in [0.05, 0.1) is 0 Å². The summed E-state index contributed by atoms with van der Waals surface area (Å²) >= 11 is 0. The molecule has 0 spiro atoms. The molecule has 0 aromatic heterocycles. The Balaban J connectivity index is 1.89. The fourth-order valence-corrected chi connectivity index (χ4v) is 4.06. The van der Waals surface area contributed by atoms with Crippen molar-refractivity contribution < 1.29 is 10.2 Å². The molecule has 0 radical (unpaired) electrons. The lowest BCUT2D eigenvalue weighted by molar-refractivity contribution is 0.396. The van der Waals surface area contributed by atoms with Crippen molar-refractivity contribution in [1.29, 1.82) is 0 Å². The Bertz CT molecular complexity index is 921. The van der Waals surface area contributed by atoms with E-state index in [1.165, 1.54) is 16.7 Å². The summed E-state index contributed by atoms with van der Waals surface area (Å²) < 4.78 is 0. The molecule has 132 valence electrons. The second-order valence-corrected chi connectivity index (χ2v) is 6.97. The molecule has 3 N–H and O–H groups in total.